The summed E-state index contributed by atoms with van der Waals surface area (Å²) in [6.07, 6.45) is 3.88. The number of amides is 1. The molecule has 1 fully saturated rings. The van der Waals surface area contributed by atoms with E-state index in [1.165, 1.54) is 44.5 Å². The summed E-state index contributed by atoms with van der Waals surface area (Å²) in [5, 5.41) is 6.33. The molecule has 2 aromatic carbocycles. The first-order valence-electron chi connectivity index (χ1n) is 9.40. The highest BCUT2D eigenvalue weighted by Crippen LogP contribution is 2.18. The Morgan fingerprint density at radius 1 is 1.04 bits per heavy atom. The summed E-state index contributed by atoms with van der Waals surface area (Å²) in [6, 6.07) is 15.0. The summed E-state index contributed by atoms with van der Waals surface area (Å²) in [5.74, 6) is -0.145. The average Bonchev–Trinajstić information content (AvgIpc) is 3.17. The Bertz CT molecular complexity index is 708. The Kier molecular flexibility index (Phi) is 6.63. The third-order valence-corrected chi connectivity index (χ3v) is 4.78. The number of nitrogens with zero attached hydrogens (tertiary/aromatic N) is 1. The third kappa shape index (κ3) is 5.31. The first-order chi connectivity index (χ1) is 12.7. The average molecular weight is 352 g/mol. The van der Waals surface area contributed by atoms with Crippen LogP contribution in [0.5, 0.6) is 0 Å². The molecule has 0 spiro atoms. The zero-order chi connectivity index (χ0) is 18.2. The Balaban J connectivity index is 1.41. The quantitative estimate of drug-likeness (QED) is 0.504. The minimum absolute atomic E-state index is 0.145. The van der Waals surface area contributed by atoms with Crippen LogP contribution in [0.2, 0.25) is 0 Å². The molecule has 0 bridgehead atoms. The van der Waals surface area contributed by atoms with Crippen LogP contribution in [0.15, 0.2) is 48.5 Å². The fourth-order valence-electron chi connectivity index (χ4n) is 3.25. The van der Waals surface area contributed by atoms with E-state index in [4.69, 9.17) is 5.73 Å². The predicted octanol–water partition coefficient (Wildman–Crippen LogP) is 3.10. The van der Waals surface area contributed by atoms with Gasteiger partial charge in [-0.25, -0.2) is 0 Å². The SMILES string of the molecule is Nc1ccccc1NC(=O)c1ccc(CNCCCN2CCCC2)cc1. The number of hydrogen-bond donors (Lipinski definition) is 3. The van der Waals surface area contributed by atoms with E-state index in [-0.39, 0.29) is 5.91 Å². The van der Waals surface area contributed by atoms with Crippen molar-refractivity contribution in [3.63, 3.8) is 0 Å². The van der Waals surface area contributed by atoms with E-state index in [2.05, 4.69) is 15.5 Å². The minimum Gasteiger partial charge on any atom is -0.397 e. The van der Waals surface area contributed by atoms with E-state index >= 15 is 0 Å². The molecule has 26 heavy (non-hydrogen) atoms. The number of nitrogens with one attached hydrogen (secondary N) is 2. The lowest BCUT2D eigenvalue weighted by atomic mass is 10.1. The van der Waals surface area contributed by atoms with Crippen molar-refractivity contribution >= 4 is 17.3 Å². The number of para-hydroxylation sites is 2. The van der Waals surface area contributed by atoms with Crippen molar-refractivity contribution in [3.05, 3.63) is 59.7 Å². The molecule has 5 heteroatoms. The van der Waals surface area contributed by atoms with Crippen molar-refractivity contribution in [2.45, 2.75) is 25.8 Å². The first-order valence-corrected chi connectivity index (χ1v) is 9.40. The van der Waals surface area contributed by atoms with Crippen LogP contribution in [0.25, 0.3) is 0 Å². The van der Waals surface area contributed by atoms with Gasteiger partial charge >= 0.3 is 0 Å². The lowest BCUT2D eigenvalue weighted by Crippen LogP contribution is -2.24. The van der Waals surface area contributed by atoms with Gasteiger partial charge in [-0.1, -0.05) is 24.3 Å². The Hall–Kier alpha value is -2.37. The van der Waals surface area contributed by atoms with Gasteiger partial charge in [-0.05, 0) is 75.3 Å². The molecule has 0 aliphatic carbocycles. The van der Waals surface area contributed by atoms with Crippen LogP contribution in [-0.4, -0.2) is 37.0 Å². The zero-order valence-electron chi connectivity index (χ0n) is 15.2. The number of nitrogens with two attached hydrogens (primary N) is 1. The number of carbonyl (C=O) groups is 1. The molecular weight excluding hydrogens is 324 g/mol. The molecule has 1 saturated heterocycles. The summed E-state index contributed by atoms with van der Waals surface area (Å²) in [6.45, 7) is 5.56. The lowest BCUT2D eigenvalue weighted by molar-refractivity contribution is 0.102. The largest absolute Gasteiger partial charge is 0.397 e. The van der Waals surface area contributed by atoms with Crippen LogP contribution < -0.4 is 16.4 Å². The fraction of sp³-hybridized carbons (Fsp3) is 0.381. The number of anilines is 2. The van der Waals surface area contributed by atoms with E-state index < -0.39 is 0 Å². The maximum absolute atomic E-state index is 12.3. The van der Waals surface area contributed by atoms with Crippen LogP contribution in [0.3, 0.4) is 0 Å². The molecule has 1 aliphatic heterocycles. The highest BCUT2D eigenvalue weighted by Gasteiger charge is 2.10. The van der Waals surface area contributed by atoms with Gasteiger partial charge < -0.3 is 21.3 Å². The van der Waals surface area contributed by atoms with Gasteiger partial charge in [0.2, 0.25) is 0 Å². The number of nitrogen functional groups attached to an aromatic ring is 1. The third-order valence-electron chi connectivity index (χ3n) is 4.78. The van der Waals surface area contributed by atoms with E-state index in [1.54, 1.807) is 12.1 Å². The van der Waals surface area contributed by atoms with Gasteiger partial charge in [0.15, 0.2) is 0 Å². The van der Waals surface area contributed by atoms with Gasteiger partial charge in [0, 0.05) is 12.1 Å². The van der Waals surface area contributed by atoms with Crippen molar-refractivity contribution in [1.29, 1.82) is 0 Å². The summed E-state index contributed by atoms with van der Waals surface area (Å²) in [7, 11) is 0. The number of rotatable bonds is 8. The topological polar surface area (TPSA) is 70.4 Å². The molecular formula is C21H28N4O. The molecule has 0 unspecified atom stereocenters. The molecule has 1 aliphatic rings. The van der Waals surface area contributed by atoms with Gasteiger partial charge in [0.1, 0.15) is 0 Å². The summed E-state index contributed by atoms with van der Waals surface area (Å²) in [5.41, 5.74) is 8.88. The van der Waals surface area contributed by atoms with Crippen LogP contribution in [0, 0.1) is 0 Å². The number of hydrogen-bond acceptors (Lipinski definition) is 4. The Labute approximate surface area is 155 Å². The smallest absolute Gasteiger partial charge is 0.255 e. The molecule has 0 atom stereocenters. The van der Waals surface area contributed by atoms with Gasteiger partial charge in [-0.3, -0.25) is 4.79 Å². The van der Waals surface area contributed by atoms with Gasteiger partial charge in [0.25, 0.3) is 5.91 Å². The van der Waals surface area contributed by atoms with E-state index in [0.717, 1.165) is 13.1 Å². The van der Waals surface area contributed by atoms with E-state index in [0.29, 0.717) is 16.9 Å². The Morgan fingerprint density at radius 3 is 2.50 bits per heavy atom. The first kappa shape index (κ1) is 18.4. The highest BCUT2D eigenvalue weighted by atomic mass is 16.1. The normalized spacial score (nSPS) is 14.5. The van der Waals surface area contributed by atoms with Crippen LogP contribution >= 0.6 is 0 Å². The van der Waals surface area contributed by atoms with E-state index in [9.17, 15) is 4.79 Å². The molecule has 5 nitrogen and oxygen atoms in total. The second-order valence-electron chi connectivity index (χ2n) is 6.82. The second-order valence-corrected chi connectivity index (χ2v) is 6.82. The zero-order valence-corrected chi connectivity index (χ0v) is 15.2. The molecule has 138 valence electrons. The van der Waals surface area contributed by atoms with Crippen LogP contribution in [0.4, 0.5) is 11.4 Å². The van der Waals surface area contributed by atoms with Crippen LogP contribution in [-0.2, 0) is 6.54 Å². The van der Waals surface area contributed by atoms with Crippen molar-refractivity contribution in [3.8, 4) is 0 Å². The molecule has 1 amide bonds. The molecule has 4 N–H and O–H groups in total. The second kappa shape index (κ2) is 9.36. The van der Waals surface area contributed by atoms with Crippen molar-refractivity contribution in [2.75, 3.05) is 37.2 Å². The summed E-state index contributed by atoms with van der Waals surface area (Å²) < 4.78 is 0. The maximum atomic E-state index is 12.3. The van der Waals surface area contributed by atoms with Crippen molar-refractivity contribution < 1.29 is 4.79 Å². The van der Waals surface area contributed by atoms with Crippen molar-refractivity contribution in [2.24, 2.45) is 0 Å². The summed E-state index contributed by atoms with van der Waals surface area (Å²) >= 11 is 0. The van der Waals surface area contributed by atoms with Gasteiger partial charge in [0.05, 0.1) is 11.4 Å². The predicted molar refractivity (Wildman–Crippen MR) is 107 cm³/mol. The molecule has 2 aromatic rings. The van der Waals surface area contributed by atoms with Gasteiger partial charge in [-0.15, -0.1) is 0 Å². The lowest BCUT2D eigenvalue weighted by Gasteiger charge is -2.14. The standard InChI is InChI=1S/C21H28N4O/c22-19-6-1-2-7-20(19)24-21(26)18-10-8-17(9-11-18)16-23-12-5-15-25-13-3-4-14-25/h1-2,6-11,23H,3-5,12-16,22H2,(H,24,26). The molecule has 0 aromatic heterocycles. The fourth-order valence-corrected chi connectivity index (χ4v) is 3.25. The number of benzene rings is 2. The maximum Gasteiger partial charge on any atom is 0.255 e. The molecule has 0 saturated carbocycles. The minimum atomic E-state index is -0.145. The van der Waals surface area contributed by atoms with Gasteiger partial charge in [-0.2, -0.15) is 0 Å². The monoisotopic (exact) mass is 352 g/mol. The highest BCUT2D eigenvalue weighted by molar-refractivity contribution is 6.05. The number of likely N-dealkylation sites (tertiary alicyclic amines) is 1. The summed E-state index contributed by atoms with van der Waals surface area (Å²) in [4.78, 5) is 14.9. The molecule has 1 heterocycles. The Morgan fingerprint density at radius 2 is 1.77 bits per heavy atom. The number of carbonyl (C=O) groups excluding carboxylic acids is 1. The molecule has 3 rings (SSSR count). The van der Waals surface area contributed by atoms with Crippen LogP contribution in [0.1, 0.15) is 35.2 Å². The molecule has 0 radical (unpaired) electrons. The van der Waals surface area contributed by atoms with Crippen molar-refractivity contribution in [1.82, 2.24) is 10.2 Å². The van der Waals surface area contributed by atoms with E-state index in [1.807, 2.05) is 36.4 Å².